The number of rotatable bonds is 12. The van der Waals surface area contributed by atoms with Crippen molar-refractivity contribution in [3.05, 3.63) is 118 Å². The molecular weight excluding hydrogens is 601 g/mol. The number of benzene rings is 4. The summed E-state index contributed by atoms with van der Waals surface area (Å²) in [5.41, 5.74) is 7.20. The molecule has 5 aromatic rings. The fourth-order valence-corrected chi connectivity index (χ4v) is 8.14. The Morgan fingerprint density at radius 3 is 2.28 bits per heavy atom. The van der Waals surface area contributed by atoms with Gasteiger partial charge in [-0.1, -0.05) is 42.5 Å². The van der Waals surface area contributed by atoms with Crippen molar-refractivity contribution in [3.8, 4) is 21.9 Å². The van der Waals surface area contributed by atoms with Crippen LogP contribution in [0.5, 0.6) is 11.5 Å². The van der Waals surface area contributed by atoms with E-state index in [9.17, 15) is 4.79 Å². The van der Waals surface area contributed by atoms with Gasteiger partial charge in [-0.3, -0.25) is 14.6 Å². The molecule has 2 aliphatic rings. The summed E-state index contributed by atoms with van der Waals surface area (Å²) in [7, 11) is 0. The molecule has 3 heterocycles. The van der Waals surface area contributed by atoms with Crippen molar-refractivity contribution in [2.45, 2.75) is 52.7 Å². The van der Waals surface area contributed by atoms with Crippen LogP contribution in [-0.2, 0) is 13.2 Å². The third kappa shape index (κ3) is 7.30. The lowest BCUT2D eigenvalue weighted by molar-refractivity contribution is 0.104. The van der Waals surface area contributed by atoms with Crippen molar-refractivity contribution >= 4 is 27.2 Å². The van der Waals surface area contributed by atoms with Crippen LogP contribution in [0, 0.1) is 13.8 Å². The number of thiophene rings is 1. The Hall–Kier alpha value is -3.97. The maximum absolute atomic E-state index is 14.5. The second-order valence-electron chi connectivity index (χ2n) is 13.1. The second kappa shape index (κ2) is 14.4. The van der Waals surface area contributed by atoms with Gasteiger partial charge in [0.05, 0.1) is 0 Å². The van der Waals surface area contributed by atoms with Gasteiger partial charge in [0.1, 0.15) is 24.7 Å². The van der Waals surface area contributed by atoms with Crippen molar-refractivity contribution in [1.29, 1.82) is 0 Å². The summed E-state index contributed by atoms with van der Waals surface area (Å²) >= 11 is 1.66. The van der Waals surface area contributed by atoms with Crippen LogP contribution in [0.1, 0.15) is 63.9 Å². The van der Waals surface area contributed by atoms with Gasteiger partial charge in [0.2, 0.25) is 0 Å². The van der Waals surface area contributed by atoms with Gasteiger partial charge >= 0.3 is 0 Å². The van der Waals surface area contributed by atoms with E-state index >= 15 is 0 Å². The lowest BCUT2D eigenvalue weighted by atomic mass is 9.94. The van der Waals surface area contributed by atoms with E-state index in [1.165, 1.54) is 49.9 Å². The molecule has 0 bridgehead atoms. The first-order chi connectivity index (χ1) is 23.0. The number of ether oxygens (including phenoxy) is 2. The molecule has 5 nitrogen and oxygen atoms in total. The first kappa shape index (κ1) is 31.6. The van der Waals surface area contributed by atoms with E-state index in [0.29, 0.717) is 13.2 Å². The molecule has 7 rings (SSSR count). The first-order valence-electron chi connectivity index (χ1n) is 17.1. The number of carbonyl (C=O) groups excluding carboxylic acids is 1. The van der Waals surface area contributed by atoms with Crippen LogP contribution >= 0.6 is 11.3 Å². The molecular formula is C41H44N2O3S. The third-order valence-electron chi connectivity index (χ3n) is 9.64. The monoisotopic (exact) mass is 644 g/mol. The van der Waals surface area contributed by atoms with Gasteiger partial charge in [-0.2, -0.15) is 0 Å². The molecule has 1 aromatic heterocycles. The summed E-state index contributed by atoms with van der Waals surface area (Å²) < 4.78 is 13.5. The number of ketones is 1. The largest absolute Gasteiger partial charge is 0.492 e. The molecule has 2 fully saturated rings. The van der Waals surface area contributed by atoms with Crippen molar-refractivity contribution in [2.75, 3.05) is 39.3 Å². The van der Waals surface area contributed by atoms with E-state index in [1.54, 1.807) is 11.3 Å². The predicted molar refractivity (Wildman–Crippen MR) is 193 cm³/mol. The topological polar surface area (TPSA) is 42.0 Å². The van der Waals surface area contributed by atoms with E-state index in [4.69, 9.17) is 9.47 Å². The Balaban J connectivity index is 1.20. The van der Waals surface area contributed by atoms with E-state index in [-0.39, 0.29) is 5.78 Å². The normalized spacial score (nSPS) is 15.4. The fraction of sp³-hybridized carbons (Fsp3) is 0.341. The molecule has 0 spiro atoms. The molecule has 0 saturated carbocycles. The van der Waals surface area contributed by atoms with Crippen LogP contribution in [0.15, 0.2) is 84.9 Å². The van der Waals surface area contributed by atoms with E-state index in [1.807, 2.05) is 30.3 Å². The number of carbonyl (C=O) groups is 1. The zero-order chi connectivity index (χ0) is 32.2. The number of hydrogen-bond donors (Lipinski definition) is 0. The number of aryl methyl sites for hydroxylation is 2. The minimum absolute atomic E-state index is 0.0589. The molecule has 6 heteroatoms. The van der Waals surface area contributed by atoms with Gasteiger partial charge in [0, 0.05) is 39.2 Å². The minimum Gasteiger partial charge on any atom is -0.492 e. The minimum atomic E-state index is 0.0589. The highest BCUT2D eigenvalue weighted by Gasteiger charge is 2.24. The Labute approximate surface area is 282 Å². The molecule has 0 radical (unpaired) electrons. The zero-order valence-electron chi connectivity index (χ0n) is 27.6. The molecule has 4 aromatic carbocycles. The molecule has 0 amide bonds. The standard InChI is InChI=1S/C41H44N2O3S/c1-29-24-32(12-13-34(29)27-43-20-8-9-21-43)40(44)39-36-16-15-35(46-28-31-10-4-3-5-11-31)26-38(36)47-41(39)33-14-17-37(30(2)25-33)45-23-22-42-18-6-7-19-42/h3-5,10-17,24-26H,6-9,18-23,27-28H2,1-2H3. The van der Waals surface area contributed by atoms with Crippen molar-refractivity contribution in [2.24, 2.45) is 0 Å². The van der Waals surface area contributed by atoms with Gasteiger partial charge in [-0.25, -0.2) is 0 Å². The molecule has 242 valence electrons. The molecule has 0 aliphatic carbocycles. The summed E-state index contributed by atoms with van der Waals surface area (Å²) in [4.78, 5) is 20.4. The maximum Gasteiger partial charge on any atom is 0.195 e. The van der Waals surface area contributed by atoms with Crippen molar-refractivity contribution in [3.63, 3.8) is 0 Å². The van der Waals surface area contributed by atoms with Gasteiger partial charge in [-0.05, 0) is 136 Å². The number of hydrogen-bond acceptors (Lipinski definition) is 6. The molecule has 2 aliphatic heterocycles. The second-order valence-corrected chi connectivity index (χ2v) is 14.1. The quantitative estimate of drug-likeness (QED) is 0.127. The highest BCUT2D eigenvalue weighted by Crippen LogP contribution is 2.42. The molecule has 2 saturated heterocycles. The summed E-state index contributed by atoms with van der Waals surface area (Å²) in [6.45, 7) is 12.0. The van der Waals surface area contributed by atoms with E-state index in [0.717, 1.165) is 80.5 Å². The summed E-state index contributed by atoms with van der Waals surface area (Å²) in [5, 5.41) is 0.962. The van der Waals surface area contributed by atoms with E-state index < -0.39 is 0 Å². The van der Waals surface area contributed by atoms with Crippen LogP contribution in [0.3, 0.4) is 0 Å². The van der Waals surface area contributed by atoms with Gasteiger partial charge < -0.3 is 9.47 Å². The molecule has 0 unspecified atom stereocenters. The smallest absolute Gasteiger partial charge is 0.195 e. The fourth-order valence-electron chi connectivity index (χ4n) is 6.92. The van der Waals surface area contributed by atoms with E-state index in [2.05, 4.69) is 78.2 Å². The number of nitrogens with zero attached hydrogens (tertiary/aromatic N) is 2. The lowest BCUT2D eigenvalue weighted by Gasteiger charge is -2.17. The van der Waals surface area contributed by atoms with Gasteiger partial charge in [-0.15, -0.1) is 11.3 Å². The number of likely N-dealkylation sites (tertiary alicyclic amines) is 2. The zero-order valence-corrected chi connectivity index (χ0v) is 28.4. The van der Waals surface area contributed by atoms with Crippen LogP contribution in [-0.4, -0.2) is 54.9 Å². The van der Waals surface area contributed by atoms with Crippen molar-refractivity contribution < 1.29 is 14.3 Å². The lowest BCUT2D eigenvalue weighted by Crippen LogP contribution is -2.25. The predicted octanol–water partition coefficient (Wildman–Crippen LogP) is 9.07. The van der Waals surface area contributed by atoms with Gasteiger partial charge in [0.15, 0.2) is 5.78 Å². The average Bonchev–Trinajstić information content (AvgIpc) is 3.87. The Morgan fingerprint density at radius 1 is 0.766 bits per heavy atom. The summed E-state index contributed by atoms with van der Waals surface area (Å²) in [6.07, 6.45) is 5.11. The summed E-state index contributed by atoms with van der Waals surface area (Å²) in [5.74, 6) is 1.76. The van der Waals surface area contributed by atoms with Crippen LogP contribution in [0.2, 0.25) is 0 Å². The molecule has 0 atom stereocenters. The highest BCUT2D eigenvalue weighted by molar-refractivity contribution is 7.22. The van der Waals surface area contributed by atoms with Crippen LogP contribution in [0.25, 0.3) is 20.5 Å². The van der Waals surface area contributed by atoms with Crippen LogP contribution < -0.4 is 9.47 Å². The Kier molecular flexibility index (Phi) is 9.71. The molecule has 0 N–H and O–H groups in total. The first-order valence-corrected chi connectivity index (χ1v) is 17.9. The average molecular weight is 645 g/mol. The Bertz CT molecular complexity index is 1850. The van der Waals surface area contributed by atoms with Crippen LogP contribution in [0.4, 0.5) is 0 Å². The maximum atomic E-state index is 14.5. The summed E-state index contributed by atoms with van der Waals surface area (Å²) in [6, 6.07) is 28.9. The Morgan fingerprint density at radius 2 is 1.53 bits per heavy atom. The van der Waals surface area contributed by atoms with Gasteiger partial charge in [0.25, 0.3) is 0 Å². The highest BCUT2D eigenvalue weighted by atomic mass is 32.1. The number of fused-ring (bicyclic) bond motifs is 1. The third-order valence-corrected chi connectivity index (χ3v) is 10.8. The SMILES string of the molecule is Cc1cc(C(=O)c2c(-c3ccc(OCCN4CCCC4)c(C)c3)sc3cc(OCc4ccccc4)ccc23)ccc1CN1CCCC1. The molecule has 47 heavy (non-hydrogen) atoms. The van der Waals surface area contributed by atoms with Crippen molar-refractivity contribution in [1.82, 2.24) is 9.80 Å².